The minimum Gasteiger partial charge on any atom is -0.378 e. The SMILES string of the molecule is CCOC1CCN(c2ccc(C(CC)NC)nc2)CC1. The van der Waals surface area contributed by atoms with Gasteiger partial charge in [-0.2, -0.15) is 0 Å². The van der Waals surface area contributed by atoms with Gasteiger partial charge in [-0.25, -0.2) is 0 Å². The highest BCUT2D eigenvalue weighted by Gasteiger charge is 2.19. The molecule has 0 aliphatic carbocycles. The highest BCUT2D eigenvalue weighted by atomic mass is 16.5. The van der Waals surface area contributed by atoms with Crippen LogP contribution in [-0.2, 0) is 4.74 Å². The molecule has 2 rings (SSSR count). The normalized spacial score (nSPS) is 18.2. The van der Waals surface area contributed by atoms with Gasteiger partial charge < -0.3 is 15.0 Å². The fraction of sp³-hybridized carbons (Fsp3) is 0.688. The zero-order chi connectivity index (χ0) is 14.4. The molecule has 1 N–H and O–H groups in total. The van der Waals surface area contributed by atoms with Crippen LogP contribution in [-0.4, -0.2) is 37.8 Å². The molecule has 2 heterocycles. The van der Waals surface area contributed by atoms with Crippen LogP contribution in [0.5, 0.6) is 0 Å². The van der Waals surface area contributed by atoms with Gasteiger partial charge in [0.15, 0.2) is 0 Å². The van der Waals surface area contributed by atoms with Crippen LogP contribution in [0.2, 0.25) is 0 Å². The van der Waals surface area contributed by atoms with Crippen molar-refractivity contribution in [1.29, 1.82) is 0 Å². The van der Waals surface area contributed by atoms with Crippen molar-refractivity contribution >= 4 is 5.69 Å². The lowest BCUT2D eigenvalue weighted by Gasteiger charge is -2.33. The minimum atomic E-state index is 0.354. The van der Waals surface area contributed by atoms with Crippen LogP contribution in [0, 0.1) is 0 Å². The van der Waals surface area contributed by atoms with Crippen LogP contribution in [0.3, 0.4) is 0 Å². The standard InChI is InChI=1S/C16H27N3O/c1-4-15(17-3)16-7-6-13(12-18-16)19-10-8-14(9-11-19)20-5-2/h6-7,12,14-15,17H,4-5,8-11H2,1-3H3. The molecule has 1 aromatic heterocycles. The van der Waals surface area contributed by atoms with Crippen LogP contribution in [0.15, 0.2) is 18.3 Å². The molecule has 4 heteroatoms. The van der Waals surface area contributed by atoms with E-state index in [4.69, 9.17) is 4.74 Å². The van der Waals surface area contributed by atoms with Crippen LogP contribution < -0.4 is 10.2 Å². The smallest absolute Gasteiger partial charge is 0.0608 e. The minimum absolute atomic E-state index is 0.354. The predicted octanol–water partition coefficient (Wildman–Crippen LogP) is 2.76. The van der Waals surface area contributed by atoms with Crippen molar-refractivity contribution in [3.05, 3.63) is 24.0 Å². The summed E-state index contributed by atoms with van der Waals surface area (Å²) in [6, 6.07) is 4.70. The molecular weight excluding hydrogens is 250 g/mol. The Morgan fingerprint density at radius 2 is 2.10 bits per heavy atom. The Labute approximate surface area is 122 Å². The summed E-state index contributed by atoms with van der Waals surface area (Å²) < 4.78 is 5.70. The lowest BCUT2D eigenvalue weighted by molar-refractivity contribution is 0.0459. The molecule has 0 radical (unpaired) electrons. The van der Waals surface area contributed by atoms with Gasteiger partial charge in [-0.1, -0.05) is 6.92 Å². The quantitative estimate of drug-likeness (QED) is 0.867. The summed E-state index contributed by atoms with van der Waals surface area (Å²) in [6.45, 7) is 7.20. The van der Waals surface area contributed by atoms with E-state index in [-0.39, 0.29) is 0 Å². The van der Waals surface area contributed by atoms with Crippen molar-refractivity contribution in [1.82, 2.24) is 10.3 Å². The number of piperidine rings is 1. The molecule has 4 nitrogen and oxygen atoms in total. The number of hydrogen-bond donors (Lipinski definition) is 1. The second kappa shape index (κ2) is 7.60. The molecule has 0 spiro atoms. The third kappa shape index (κ3) is 3.70. The summed E-state index contributed by atoms with van der Waals surface area (Å²) in [6.07, 6.45) is 5.74. The zero-order valence-electron chi connectivity index (χ0n) is 12.9. The zero-order valence-corrected chi connectivity index (χ0v) is 12.9. The molecule has 0 saturated carbocycles. The molecule has 1 atom stereocenters. The third-order valence-electron chi connectivity index (χ3n) is 4.09. The molecule has 1 unspecified atom stereocenters. The highest BCUT2D eigenvalue weighted by Crippen LogP contribution is 2.22. The van der Waals surface area contributed by atoms with Gasteiger partial charge in [0.1, 0.15) is 0 Å². The van der Waals surface area contributed by atoms with Gasteiger partial charge in [0.25, 0.3) is 0 Å². The number of ether oxygens (including phenoxy) is 1. The lowest BCUT2D eigenvalue weighted by Crippen LogP contribution is -2.37. The van der Waals surface area contributed by atoms with E-state index in [0.717, 1.165) is 44.7 Å². The number of rotatable bonds is 6. The first-order chi connectivity index (χ1) is 9.78. The fourth-order valence-electron chi connectivity index (χ4n) is 2.87. The van der Waals surface area contributed by atoms with Crippen LogP contribution in [0.4, 0.5) is 5.69 Å². The van der Waals surface area contributed by atoms with Crippen molar-refractivity contribution in [3.8, 4) is 0 Å². The molecule has 20 heavy (non-hydrogen) atoms. The van der Waals surface area contributed by atoms with Gasteiger partial charge in [0.05, 0.1) is 23.7 Å². The lowest BCUT2D eigenvalue weighted by atomic mass is 10.1. The summed E-state index contributed by atoms with van der Waals surface area (Å²) in [4.78, 5) is 7.03. The molecule has 0 amide bonds. The number of anilines is 1. The van der Waals surface area contributed by atoms with Crippen LogP contribution in [0.25, 0.3) is 0 Å². The van der Waals surface area contributed by atoms with E-state index in [1.54, 1.807) is 0 Å². The topological polar surface area (TPSA) is 37.4 Å². The summed E-state index contributed by atoms with van der Waals surface area (Å²) in [5.74, 6) is 0. The number of aromatic nitrogens is 1. The maximum absolute atomic E-state index is 5.70. The summed E-state index contributed by atoms with van der Waals surface area (Å²) in [7, 11) is 1.99. The van der Waals surface area contributed by atoms with Crippen LogP contribution >= 0.6 is 0 Å². The largest absolute Gasteiger partial charge is 0.378 e. The van der Waals surface area contributed by atoms with Gasteiger partial charge in [-0.15, -0.1) is 0 Å². The third-order valence-corrected chi connectivity index (χ3v) is 4.09. The molecule has 1 fully saturated rings. The van der Waals surface area contributed by atoms with Gasteiger partial charge in [0, 0.05) is 25.7 Å². The van der Waals surface area contributed by atoms with Crippen molar-refractivity contribution in [3.63, 3.8) is 0 Å². The Balaban J connectivity index is 1.94. The molecular formula is C16H27N3O. The van der Waals surface area contributed by atoms with Gasteiger partial charge in [0.2, 0.25) is 0 Å². The van der Waals surface area contributed by atoms with Gasteiger partial charge >= 0.3 is 0 Å². The second-order valence-corrected chi connectivity index (χ2v) is 5.33. The van der Waals surface area contributed by atoms with Crippen molar-refractivity contribution < 1.29 is 4.74 Å². The Morgan fingerprint density at radius 3 is 2.60 bits per heavy atom. The first-order valence-electron chi connectivity index (χ1n) is 7.78. The predicted molar refractivity (Wildman–Crippen MR) is 83.2 cm³/mol. The van der Waals surface area contributed by atoms with Crippen molar-refractivity contribution in [2.45, 2.75) is 45.3 Å². The first kappa shape index (κ1) is 15.3. The van der Waals surface area contributed by atoms with Gasteiger partial charge in [-0.3, -0.25) is 4.98 Å². The number of pyridine rings is 1. The Morgan fingerprint density at radius 1 is 1.35 bits per heavy atom. The van der Waals surface area contributed by atoms with E-state index in [9.17, 15) is 0 Å². The molecule has 1 aliphatic heterocycles. The highest BCUT2D eigenvalue weighted by molar-refractivity contribution is 5.45. The monoisotopic (exact) mass is 277 g/mol. The molecule has 0 bridgehead atoms. The number of hydrogen-bond acceptors (Lipinski definition) is 4. The molecule has 0 aromatic carbocycles. The number of nitrogens with zero attached hydrogens (tertiary/aromatic N) is 2. The average molecular weight is 277 g/mol. The first-order valence-corrected chi connectivity index (χ1v) is 7.78. The maximum Gasteiger partial charge on any atom is 0.0608 e. The van der Waals surface area contributed by atoms with Crippen LogP contribution in [0.1, 0.15) is 44.8 Å². The Hall–Kier alpha value is -1.13. The fourth-order valence-corrected chi connectivity index (χ4v) is 2.87. The van der Waals surface area contributed by atoms with E-state index in [2.05, 4.69) is 41.2 Å². The molecule has 1 aromatic rings. The second-order valence-electron chi connectivity index (χ2n) is 5.33. The molecule has 1 saturated heterocycles. The van der Waals surface area contributed by atoms with Crippen molar-refractivity contribution in [2.75, 3.05) is 31.6 Å². The van der Waals surface area contributed by atoms with E-state index in [1.807, 2.05) is 13.2 Å². The average Bonchev–Trinajstić information content (AvgIpc) is 2.50. The van der Waals surface area contributed by atoms with E-state index in [0.29, 0.717) is 12.1 Å². The summed E-state index contributed by atoms with van der Waals surface area (Å²) >= 11 is 0. The van der Waals surface area contributed by atoms with Gasteiger partial charge in [-0.05, 0) is 45.4 Å². The molecule has 112 valence electrons. The summed E-state index contributed by atoms with van der Waals surface area (Å²) in [5.41, 5.74) is 2.36. The van der Waals surface area contributed by atoms with E-state index >= 15 is 0 Å². The Bertz CT molecular complexity index is 381. The van der Waals surface area contributed by atoms with E-state index < -0.39 is 0 Å². The Kier molecular flexibility index (Phi) is 5.80. The number of nitrogens with one attached hydrogen (secondary N) is 1. The van der Waals surface area contributed by atoms with Crippen molar-refractivity contribution in [2.24, 2.45) is 0 Å². The summed E-state index contributed by atoms with van der Waals surface area (Å²) in [5, 5.41) is 3.29. The molecule has 1 aliphatic rings. The van der Waals surface area contributed by atoms with E-state index in [1.165, 1.54) is 5.69 Å². The maximum atomic E-state index is 5.70.